The summed E-state index contributed by atoms with van der Waals surface area (Å²) < 4.78 is 34.3. The molecule has 2 nitrogen and oxygen atoms in total. The maximum Gasteiger partial charge on any atom is 0.396 e. The average Bonchev–Trinajstić information content (AvgIpc) is 1.90. The molecule has 0 fully saturated rings. The van der Waals surface area contributed by atoms with Crippen molar-refractivity contribution in [1.29, 1.82) is 0 Å². The minimum atomic E-state index is -2.75. The zero-order valence-electron chi connectivity index (χ0n) is 6.36. The molecule has 0 heterocycles. The summed E-state index contributed by atoms with van der Waals surface area (Å²) >= 11 is 0. The van der Waals surface area contributed by atoms with Crippen molar-refractivity contribution in [3.8, 4) is 0 Å². The minimum Gasteiger partial charge on any atom is -0.396 e. The first kappa shape index (κ1) is 10.00. The van der Waals surface area contributed by atoms with Gasteiger partial charge in [0, 0.05) is 20.6 Å². The smallest absolute Gasteiger partial charge is 0.396 e. The van der Waals surface area contributed by atoms with Crippen molar-refractivity contribution in [2.75, 3.05) is 14.2 Å². The van der Waals surface area contributed by atoms with Crippen LogP contribution in [0.2, 0.25) is 0 Å². The molecule has 0 aromatic rings. The summed E-state index contributed by atoms with van der Waals surface area (Å²) in [6, 6.07) is 0. The van der Waals surface area contributed by atoms with E-state index < -0.39 is 14.8 Å². The molecule has 0 N–H and O–H groups in total. The minimum absolute atomic E-state index is 0.217. The fraction of sp³-hybridized carbons (Fsp3) is 1.00. The van der Waals surface area contributed by atoms with E-state index >= 15 is 0 Å². The van der Waals surface area contributed by atoms with Crippen LogP contribution < -0.4 is 0 Å². The fourth-order valence-corrected chi connectivity index (χ4v) is 1.82. The summed E-state index contributed by atoms with van der Waals surface area (Å²) in [6.45, 7) is 1.41. The van der Waals surface area contributed by atoms with Crippen LogP contribution in [-0.4, -0.2) is 29.0 Å². The van der Waals surface area contributed by atoms with Crippen LogP contribution in [-0.2, 0) is 8.85 Å². The van der Waals surface area contributed by atoms with Crippen molar-refractivity contribution in [3.05, 3.63) is 0 Å². The number of halogens is 2. The first-order chi connectivity index (χ1) is 4.58. The monoisotopic (exact) mass is 170 g/mol. The lowest BCUT2D eigenvalue weighted by atomic mass is 10.5. The second-order valence-corrected chi connectivity index (χ2v) is 4.37. The van der Waals surface area contributed by atoms with Gasteiger partial charge in [0.15, 0.2) is 0 Å². The summed E-state index contributed by atoms with van der Waals surface area (Å²) in [6.07, 6.45) is -0.217. The molecule has 0 bridgehead atoms. The predicted octanol–water partition coefficient (Wildman–Crippen LogP) is 1.08. The highest BCUT2D eigenvalue weighted by molar-refractivity contribution is 6.47. The van der Waals surface area contributed by atoms with E-state index in [-0.39, 0.29) is 6.42 Å². The summed E-state index contributed by atoms with van der Waals surface area (Å²) in [7, 11) is -0.227. The van der Waals surface area contributed by atoms with Gasteiger partial charge in [-0.15, -0.1) is 0 Å². The Hall–Kier alpha value is -0.00312. The number of rotatable bonds is 4. The van der Waals surface area contributed by atoms with Gasteiger partial charge in [0.25, 0.3) is 5.55 Å². The van der Waals surface area contributed by atoms with E-state index in [4.69, 9.17) is 0 Å². The van der Waals surface area contributed by atoms with Gasteiger partial charge in [-0.05, 0) is 0 Å². The van der Waals surface area contributed by atoms with E-state index in [0.717, 1.165) is 0 Å². The molecule has 0 aromatic carbocycles. The van der Waals surface area contributed by atoms with Crippen LogP contribution in [0.15, 0.2) is 0 Å². The number of hydrogen-bond donors (Lipinski definition) is 0. The molecule has 0 amide bonds. The molecule has 5 heteroatoms. The molecule has 0 rings (SSSR count). The van der Waals surface area contributed by atoms with Crippen LogP contribution in [0.5, 0.6) is 0 Å². The van der Waals surface area contributed by atoms with Crippen molar-refractivity contribution in [3.63, 3.8) is 0 Å². The Morgan fingerprint density at radius 3 is 1.80 bits per heavy atom. The van der Waals surface area contributed by atoms with Crippen molar-refractivity contribution < 1.29 is 17.6 Å². The van der Waals surface area contributed by atoms with Gasteiger partial charge in [-0.3, -0.25) is 0 Å². The van der Waals surface area contributed by atoms with Crippen molar-refractivity contribution in [1.82, 2.24) is 0 Å². The lowest BCUT2D eigenvalue weighted by Gasteiger charge is -2.20. The van der Waals surface area contributed by atoms with Crippen LogP contribution in [0.3, 0.4) is 0 Å². The Labute approximate surface area is 61.0 Å². The van der Waals surface area contributed by atoms with Gasteiger partial charge in [0.2, 0.25) is 0 Å². The van der Waals surface area contributed by atoms with Crippen LogP contribution in [0.4, 0.5) is 8.78 Å². The second kappa shape index (κ2) is 4.00. The van der Waals surface area contributed by atoms with Gasteiger partial charge < -0.3 is 8.85 Å². The molecule has 0 saturated carbocycles. The van der Waals surface area contributed by atoms with Gasteiger partial charge in [-0.25, -0.2) is 8.78 Å². The standard InChI is InChI=1S/C5H12F2O2Si/c1-4-5(6,7)10(8-2)9-3/h10H,4H2,1-3H3. The summed E-state index contributed by atoms with van der Waals surface area (Å²) in [5.41, 5.74) is -2.75. The van der Waals surface area contributed by atoms with E-state index in [9.17, 15) is 8.78 Å². The SMILES string of the molecule is CCC(F)(F)[SiH](OC)OC. The lowest BCUT2D eigenvalue weighted by molar-refractivity contribution is 0.0329. The molecular weight excluding hydrogens is 158 g/mol. The third-order valence-electron chi connectivity index (χ3n) is 1.24. The third kappa shape index (κ3) is 2.32. The fourth-order valence-electron chi connectivity index (χ4n) is 0.608. The van der Waals surface area contributed by atoms with Gasteiger partial charge in [0.05, 0.1) is 0 Å². The molecule has 0 aliphatic carbocycles. The highest BCUT2D eigenvalue weighted by atomic mass is 28.3. The van der Waals surface area contributed by atoms with Gasteiger partial charge in [-0.2, -0.15) is 0 Å². The molecule has 0 saturated heterocycles. The molecule has 0 aliphatic rings. The van der Waals surface area contributed by atoms with Crippen molar-refractivity contribution in [2.45, 2.75) is 18.9 Å². The molecule has 0 aromatic heterocycles. The molecule has 62 valence electrons. The molecule has 0 atom stereocenters. The first-order valence-corrected chi connectivity index (χ1v) is 4.54. The molecule has 0 unspecified atom stereocenters. The van der Waals surface area contributed by atoms with Crippen LogP contribution in [0.25, 0.3) is 0 Å². The summed E-state index contributed by atoms with van der Waals surface area (Å²) in [4.78, 5) is 0. The third-order valence-corrected chi connectivity index (χ3v) is 3.20. The zero-order chi connectivity index (χ0) is 8.20. The average molecular weight is 170 g/mol. The van der Waals surface area contributed by atoms with Gasteiger partial charge >= 0.3 is 9.28 Å². The zero-order valence-corrected chi connectivity index (χ0v) is 7.51. The van der Waals surface area contributed by atoms with E-state index in [1.54, 1.807) is 0 Å². The predicted molar refractivity (Wildman–Crippen MR) is 36.4 cm³/mol. The van der Waals surface area contributed by atoms with Crippen LogP contribution >= 0.6 is 0 Å². The van der Waals surface area contributed by atoms with Gasteiger partial charge in [0.1, 0.15) is 0 Å². The largest absolute Gasteiger partial charge is 0.396 e. The van der Waals surface area contributed by atoms with E-state index in [1.165, 1.54) is 21.1 Å². The Kier molecular flexibility index (Phi) is 4.00. The van der Waals surface area contributed by atoms with E-state index in [0.29, 0.717) is 0 Å². The Morgan fingerprint density at radius 1 is 1.30 bits per heavy atom. The van der Waals surface area contributed by atoms with Crippen LogP contribution in [0, 0.1) is 0 Å². The molecule has 0 radical (unpaired) electrons. The topological polar surface area (TPSA) is 18.5 Å². The first-order valence-electron chi connectivity index (χ1n) is 3.02. The van der Waals surface area contributed by atoms with E-state index in [2.05, 4.69) is 8.85 Å². The van der Waals surface area contributed by atoms with Gasteiger partial charge in [-0.1, -0.05) is 6.92 Å². The quantitative estimate of drug-likeness (QED) is 0.588. The highest BCUT2D eigenvalue weighted by Crippen LogP contribution is 2.21. The Morgan fingerprint density at radius 2 is 1.70 bits per heavy atom. The molecule has 0 spiro atoms. The molecule has 0 aliphatic heterocycles. The molecule has 10 heavy (non-hydrogen) atoms. The van der Waals surface area contributed by atoms with Crippen LogP contribution in [0.1, 0.15) is 13.3 Å². The van der Waals surface area contributed by atoms with E-state index in [1.807, 2.05) is 0 Å². The second-order valence-electron chi connectivity index (χ2n) is 1.92. The number of hydrogen-bond acceptors (Lipinski definition) is 2. The van der Waals surface area contributed by atoms with Crippen molar-refractivity contribution >= 4 is 9.28 Å². The Bertz CT molecular complexity index is 95.6. The maximum atomic E-state index is 12.6. The van der Waals surface area contributed by atoms with Crippen molar-refractivity contribution in [2.24, 2.45) is 0 Å². The number of alkyl halides is 2. The molecular formula is C5H12F2O2Si. The summed E-state index contributed by atoms with van der Waals surface area (Å²) in [5.74, 6) is 0. The summed E-state index contributed by atoms with van der Waals surface area (Å²) in [5, 5.41) is 0. The normalized spacial score (nSPS) is 12.6. The maximum absolute atomic E-state index is 12.6. The highest BCUT2D eigenvalue weighted by Gasteiger charge is 2.41. The lowest BCUT2D eigenvalue weighted by Crippen LogP contribution is -2.41. The Balaban J connectivity index is 3.97.